The third-order valence-corrected chi connectivity index (χ3v) is 3.18. The molecule has 0 aliphatic carbocycles. The first-order valence-electron chi connectivity index (χ1n) is 6.31. The molecule has 0 aliphatic rings. The highest BCUT2D eigenvalue weighted by atomic mass is 16.4. The zero-order valence-corrected chi connectivity index (χ0v) is 11.0. The number of carbonyl (C=O) groups excluding carboxylic acids is 1. The Hall–Kier alpha value is -2.56. The van der Waals surface area contributed by atoms with Crippen LogP contribution in [0.5, 0.6) is 0 Å². The van der Waals surface area contributed by atoms with Crippen LogP contribution in [-0.4, -0.2) is 22.0 Å². The van der Waals surface area contributed by atoms with E-state index in [1.54, 1.807) is 37.4 Å². The number of carbonyl (C=O) groups is 2. The summed E-state index contributed by atoms with van der Waals surface area (Å²) in [5, 5.41) is 12.0. The number of carboxylic acids is 1. The van der Waals surface area contributed by atoms with Gasteiger partial charge in [-0.1, -0.05) is 30.3 Å². The number of aromatic amines is 1. The monoisotopic (exact) mass is 272 g/mol. The maximum absolute atomic E-state index is 12.1. The summed E-state index contributed by atoms with van der Waals surface area (Å²) in [6, 6.07) is 11.9. The Balaban J connectivity index is 2.24. The maximum Gasteiger partial charge on any atom is 0.308 e. The Morgan fingerprint density at radius 2 is 1.85 bits per heavy atom. The van der Waals surface area contributed by atoms with Gasteiger partial charge in [-0.2, -0.15) is 0 Å². The van der Waals surface area contributed by atoms with Crippen molar-refractivity contribution in [3.05, 3.63) is 59.9 Å². The minimum Gasteiger partial charge on any atom is -0.481 e. The molecule has 3 N–H and O–H groups in total. The quantitative estimate of drug-likeness (QED) is 0.780. The number of rotatable bonds is 5. The van der Waals surface area contributed by atoms with E-state index < -0.39 is 17.9 Å². The number of carboxylic acid groups (broad SMARTS) is 1. The van der Waals surface area contributed by atoms with E-state index in [2.05, 4.69) is 10.3 Å². The second-order valence-electron chi connectivity index (χ2n) is 4.57. The van der Waals surface area contributed by atoms with Crippen molar-refractivity contribution in [2.24, 2.45) is 5.92 Å². The third kappa shape index (κ3) is 3.06. The second-order valence-corrected chi connectivity index (χ2v) is 4.57. The van der Waals surface area contributed by atoms with Crippen molar-refractivity contribution in [1.29, 1.82) is 0 Å². The summed E-state index contributed by atoms with van der Waals surface area (Å²) in [5.41, 5.74) is 1.17. The van der Waals surface area contributed by atoms with Crippen LogP contribution in [0, 0.1) is 5.92 Å². The van der Waals surface area contributed by atoms with Crippen molar-refractivity contribution >= 4 is 11.9 Å². The number of benzene rings is 1. The first-order valence-corrected chi connectivity index (χ1v) is 6.31. The minimum absolute atomic E-state index is 0.322. The summed E-state index contributed by atoms with van der Waals surface area (Å²) in [6.07, 6.45) is 1.65. The largest absolute Gasteiger partial charge is 0.481 e. The molecule has 0 spiro atoms. The number of aliphatic carboxylic acids is 1. The predicted octanol–water partition coefficient (Wildman–Crippen LogP) is 2.21. The number of aromatic nitrogens is 1. The van der Waals surface area contributed by atoms with Crippen molar-refractivity contribution in [3.63, 3.8) is 0 Å². The topological polar surface area (TPSA) is 82.2 Å². The van der Waals surface area contributed by atoms with Crippen LogP contribution in [0.4, 0.5) is 0 Å². The van der Waals surface area contributed by atoms with E-state index in [4.69, 9.17) is 0 Å². The molecule has 2 rings (SSSR count). The lowest BCUT2D eigenvalue weighted by atomic mass is 9.94. The first kappa shape index (κ1) is 13.9. The lowest BCUT2D eigenvalue weighted by molar-refractivity contribution is -0.142. The Morgan fingerprint density at radius 1 is 1.15 bits per heavy atom. The van der Waals surface area contributed by atoms with Crippen LogP contribution >= 0.6 is 0 Å². The van der Waals surface area contributed by atoms with Crippen molar-refractivity contribution in [3.8, 4) is 0 Å². The molecule has 2 atom stereocenters. The van der Waals surface area contributed by atoms with Crippen LogP contribution in [-0.2, 0) is 4.79 Å². The van der Waals surface area contributed by atoms with E-state index in [0.29, 0.717) is 5.69 Å². The molecule has 0 saturated carbocycles. The van der Waals surface area contributed by atoms with E-state index in [1.807, 2.05) is 18.2 Å². The fourth-order valence-corrected chi connectivity index (χ4v) is 1.99. The summed E-state index contributed by atoms with van der Waals surface area (Å²) in [6.45, 7) is 1.58. The smallest absolute Gasteiger partial charge is 0.308 e. The Kier molecular flexibility index (Phi) is 4.20. The van der Waals surface area contributed by atoms with Gasteiger partial charge in [0, 0.05) is 6.20 Å². The molecule has 2 aromatic rings. The molecule has 1 aromatic carbocycles. The molecule has 0 fully saturated rings. The van der Waals surface area contributed by atoms with Gasteiger partial charge in [0.25, 0.3) is 5.91 Å². The van der Waals surface area contributed by atoms with Gasteiger partial charge < -0.3 is 15.4 Å². The first-order chi connectivity index (χ1) is 9.59. The van der Waals surface area contributed by atoms with Gasteiger partial charge in [0.1, 0.15) is 5.69 Å². The molecule has 5 heteroatoms. The van der Waals surface area contributed by atoms with Crippen molar-refractivity contribution in [2.45, 2.75) is 13.0 Å². The lowest BCUT2D eigenvalue weighted by Gasteiger charge is -2.22. The summed E-state index contributed by atoms with van der Waals surface area (Å²) in [7, 11) is 0. The molecule has 1 amide bonds. The number of H-pyrrole nitrogens is 1. The Morgan fingerprint density at radius 3 is 2.40 bits per heavy atom. The zero-order chi connectivity index (χ0) is 14.5. The van der Waals surface area contributed by atoms with Gasteiger partial charge in [0.05, 0.1) is 12.0 Å². The van der Waals surface area contributed by atoms with Gasteiger partial charge in [-0.15, -0.1) is 0 Å². The Labute approximate surface area is 116 Å². The van der Waals surface area contributed by atoms with Gasteiger partial charge in [0.2, 0.25) is 0 Å². The van der Waals surface area contributed by atoms with Crippen molar-refractivity contribution < 1.29 is 14.7 Å². The van der Waals surface area contributed by atoms with Gasteiger partial charge in [-0.25, -0.2) is 0 Å². The van der Waals surface area contributed by atoms with E-state index in [-0.39, 0.29) is 5.91 Å². The SMILES string of the molecule is C[C@H](C(=O)O)[C@@H](NC(=O)c1ccc[nH]1)c1ccccc1. The minimum atomic E-state index is -0.953. The van der Waals surface area contributed by atoms with Crippen LogP contribution in [0.3, 0.4) is 0 Å². The molecule has 20 heavy (non-hydrogen) atoms. The van der Waals surface area contributed by atoms with Crippen LogP contribution in [0.1, 0.15) is 29.0 Å². The molecule has 1 heterocycles. The molecule has 0 saturated heterocycles. The predicted molar refractivity (Wildman–Crippen MR) is 74.2 cm³/mol. The number of hydrogen-bond donors (Lipinski definition) is 3. The zero-order valence-electron chi connectivity index (χ0n) is 11.0. The highest BCUT2D eigenvalue weighted by Gasteiger charge is 2.27. The molecule has 0 radical (unpaired) electrons. The van der Waals surface area contributed by atoms with Gasteiger partial charge in [-0.05, 0) is 24.6 Å². The number of hydrogen-bond acceptors (Lipinski definition) is 2. The summed E-state index contributed by atoms with van der Waals surface area (Å²) in [5.74, 6) is -2.00. The van der Waals surface area contributed by atoms with E-state index in [9.17, 15) is 14.7 Å². The third-order valence-electron chi connectivity index (χ3n) is 3.18. The molecular formula is C15H16N2O3. The Bertz CT molecular complexity index is 578. The van der Waals surface area contributed by atoms with Crippen LogP contribution in [0.2, 0.25) is 0 Å². The van der Waals surface area contributed by atoms with Gasteiger partial charge in [0.15, 0.2) is 0 Å². The standard InChI is InChI=1S/C15H16N2O3/c1-10(15(19)20)13(11-6-3-2-4-7-11)17-14(18)12-8-5-9-16-12/h2-10,13,16H,1H3,(H,17,18)(H,19,20)/t10-,13+/m0/s1. The summed E-state index contributed by atoms with van der Waals surface area (Å²) < 4.78 is 0. The molecule has 5 nitrogen and oxygen atoms in total. The number of amides is 1. The average Bonchev–Trinajstić information content (AvgIpc) is 2.99. The molecule has 0 aliphatic heterocycles. The summed E-state index contributed by atoms with van der Waals surface area (Å²) >= 11 is 0. The van der Waals surface area contributed by atoms with Crippen molar-refractivity contribution in [2.75, 3.05) is 0 Å². The molecule has 0 unspecified atom stereocenters. The second kappa shape index (κ2) is 6.06. The van der Waals surface area contributed by atoms with Crippen molar-refractivity contribution in [1.82, 2.24) is 10.3 Å². The number of nitrogens with one attached hydrogen (secondary N) is 2. The van der Waals surface area contributed by atoms with Gasteiger partial charge >= 0.3 is 5.97 Å². The molecule has 1 aromatic heterocycles. The summed E-state index contributed by atoms with van der Waals surface area (Å²) in [4.78, 5) is 26.1. The van der Waals surface area contributed by atoms with Crippen LogP contribution < -0.4 is 5.32 Å². The van der Waals surface area contributed by atoms with Crippen LogP contribution in [0.15, 0.2) is 48.7 Å². The average molecular weight is 272 g/mol. The lowest BCUT2D eigenvalue weighted by Crippen LogP contribution is -2.35. The molecule has 104 valence electrons. The normalized spacial score (nSPS) is 13.4. The van der Waals surface area contributed by atoms with E-state index in [1.165, 1.54) is 0 Å². The maximum atomic E-state index is 12.1. The highest BCUT2D eigenvalue weighted by molar-refractivity contribution is 5.93. The fourth-order valence-electron chi connectivity index (χ4n) is 1.99. The van der Waals surface area contributed by atoms with E-state index >= 15 is 0 Å². The van der Waals surface area contributed by atoms with Gasteiger partial charge in [-0.3, -0.25) is 9.59 Å². The molecular weight excluding hydrogens is 256 g/mol. The van der Waals surface area contributed by atoms with Crippen LogP contribution in [0.25, 0.3) is 0 Å². The van der Waals surface area contributed by atoms with E-state index in [0.717, 1.165) is 5.56 Å². The fraction of sp³-hybridized carbons (Fsp3) is 0.200. The molecule has 0 bridgehead atoms. The highest BCUT2D eigenvalue weighted by Crippen LogP contribution is 2.22.